The second-order valence-corrected chi connectivity index (χ2v) is 11.7. The lowest BCUT2D eigenvalue weighted by Crippen LogP contribution is -2.51. The molecule has 2 aliphatic rings. The summed E-state index contributed by atoms with van der Waals surface area (Å²) in [5.41, 5.74) is 1.36. The standard InChI is InChI=1S/C21H35N3O2S/c1-18-6-7-19(16-22-18)27(25,26)24-12-5-8-21(17-24)10-14-23(15-11-21)13-9-20(2,3)4/h6-7,16H,5,8-15,17H2,1-4H3. The van der Waals surface area contributed by atoms with Crippen molar-refractivity contribution in [3.63, 3.8) is 0 Å². The molecule has 0 unspecified atom stereocenters. The summed E-state index contributed by atoms with van der Waals surface area (Å²) < 4.78 is 27.9. The van der Waals surface area contributed by atoms with E-state index in [1.165, 1.54) is 12.6 Å². The number of sulfonamides is 1. The van der Waals surface area contributed by atoms with E-state index in [0.717, 1.165) is 51.0 Å². The van der Waals surface area contributed by atoms with Crippen molar-refractivity contribution in [3.05, 3.63) is 24.0 Å². The molecule has 3 rings (SSSR count). The van der Waals surface area contributed by atoms with Crippen LogP contribution in [0.2, 0.25) is 0 Å². The molecule has 2 fully saturated rings. The minimum Gasteiger partial charge on any atom is -0.303 e. The average molecular weight is 394 g/mol. The number of hydrogen-bond acceptors (Lipinski definition) is 4. The molecule has 0 radical (unpaired) electrons. The molecule has 0 bridgehead atoms. The predicted octanol–water partition coefficient (Wildman–Crippen LogP) is 3.69. The fraction of sp³-hybridized carbons (Fsp3) is 0.762. The Morgan fingerprint density at radius 1 is 1.11 bits per heavy atom. The zero-order valence-corrected chi connectivity index (χ0v) is 18.2. The van der Waals surface area contributed by atoms with Gasteiger partial charge in [0.05, 0.1) is 0 Å². The van der Waals surface area contributed by atoms with Crippen LogP contribution in [0.15, 0.2) is 23.2 Å². The molecule has 3 heterocycles. The average Bonchev–Trinajstić information content (AvgIpc) is 2.61. The third-order valence-electron chi connectivity index (χ3n) is 6.24. The van der Waals surface area contributed by atoms with Crippen molar-refractivity contribution in [2.75, 3.05) is 32.7 Å². The van der Waals surface area contributed by atoms with Gasteiger partial charge in [0.1, 0.15) is 4.90 Å². The molecule has 0 N–H and O–H groups in total. The van der Waals surface area contributed by atoms with Crippen LogP contribution in [0.4, 0.5) is 0 Å². The van der Waals surface area contributed by atoms with Gasteiger partial charge in [-0.1, -0.05) is 20.8 Å². The third-order valence-corrected chi connectivity index (χ3v) is 8.07. The van der Waals surface area contributed by atoms with Gasteiger partial charge in [0.25, 0.3) is 0 Å². The summed E-state index contributed by atoms with van der Waals surface area (Å²) in [6.45, 7) is 13.4. The molecule has 6 heteroatoms. The number of pyridine rings is 1. The summed E-state index contributed by atoms with van der Waals surface area (Å²) in [4.78, 5) is 7.07. The zero-order chi connectivity index (χ0) is 19.7. The molecular formula is C21H35N3O2S. The van der Waals surface area contributed by atoms with Crippen LogP contribution in [0, 0.1) is 17.8 Å². The fourth-order valence-corrected chi connectivity index (χ4v) is 5.81. The number of rotatable bonds is 4. The van der Waals surface area contributed by atoms with Crippen LogP contribution in [0.5, 0.6) is 0 Å². The van der Waals surface area contributed by atoms with Crippen molar-refractivity contribution >= 4 is 10.0 Å². The molecule has 5 nitrogen and oxygen atoms in total. The highest BCUT2D eigenvalue weighted by molar-refractivity contribution is 7.89. The first kappa shape index (κ1) is 20.7. The monoisotopic (exact) mass is 393 g/mol. The smallest absolute Gasteiger partial charge is 0.244 e. The molecule has 2 saturated heterocycles. The van der Waals surface area contributed by atoms with Crippen LogP contribution < -0.4 is 0 Å². The van der Waals surface area contributed by atoms with E-state index in [4.69, 9.17) is 0 Å². The Kier molecular flexibility index (Phi) is 5.99. The van der Waals surface area contributed by atoms with Gasteiger partial charge in [-0.3, -0.25) is 4.98 Å². The van der Waals surface area contributed by atoms with E-state index in [1.807, 2.05) is 6.92 Å². The zero-order valence-electron chi connectivity index (χ0n) is 17.4. The molecule has 0 aromatic carbocycles. The van der Waals surface area contributed by atoms with Gasteiger partial charge in [0.15, 0.2) is 0 Å². The maximum absolute atomic E-state index is 13.1. The van der Waals surface area contributed by atoms with E-state index in [1.54, 1.807) is 16.4 Å². The lowest BCUT2D eigenvalue weighted by molar-refractivity contribution is 0.0485. The lowest BCUT2D eigenvalue weighted by Gasteiger charge is -2.47. The van der Waals surface area contributed by atoms with E-state index in [-0.39, 0.29) is 5.41 Å². The second-order valence-electron chi connectivity index (χ2n) is 9.73. The number of piperidine rings is 2. The highest BCUT2D eigenvalue weighted by Crippen LogP contribution is 2.41. The molecular weight excluding hydrogens is 358 g/mol. The normalized spacial score (nSPS) is 22.2. The Balaban J connectivity index is 1.64. The highest BCUT2D eigenvalue weighted by Gasteiger charge is 2.42. The van der Waals surface area contributed by atoms with Crippen molar-refractivity contribution in [2.45, 2.75) is 64.7 Å². The van der Waals surface area contributed by atoms with Crippen molar-refractivity contribution in [3.8, 4) is 0 Å². The minimum atomic E-state index is -3.44. The van der Waals surface area contributed by atoms with E-state index < -0.39 is 10.0 Å². The molecule has 0 saturated carbocycles. The van der Waals surface area contributed by atoms with E-state index in [0.29, 0.717) is 23.4 Å². The van der Waals surface area contributed by atoms with Crippen LogP contribution >= 0.6 is 0 Å². The topological polar surface area (TPSA) is 53.5 Å². The number of aryl methyl sites for hydroxylation is 1. The molecule has 2 aliphatic heterocycles. The lowest BCUT2D eigenvalue weighted by atomic mass is 9.73. The van der Waals surface area contributed by atoms with Crippen molar-refractivity contribution in [1.82, 2.24) is 14.2 Å². The van der Waals surface area contributed by atoms with E-state index in [9.17, 15) is 8.42 Å². The van der Waals surface area contributed by atoms with Crippen molar-refractivity contribution in [1.29, 1.82) is 0 Å². The Morgan fingerprint density at radius 2 is 1.81 bits per heavy atom. The van der Waals surface area contributed by atoms with Crippen LogP contribution in [-0.4, -0.2) is 55.3 Å². The van der Waals surface area contributed by atoms with Crippen molar-refractivity contribution < 1.29 is 8.42 Å². The van der Waals surface area contributed by atoms with Gasteiger partial charge < -0.3 is 4.90 Å². The summed E-state index contributed by atoms with van der Waals surface area (Å²) in [6.07, 6.45) is 7.03. The molecule has 1 spiro atoms. The first-order valence-electron chi connectivity index (χ1n) is 10.3. The number of nitrogens with zero attached hydrogens (tertiary/aromatic N) is 3. The van der Waals surface area contributed by atoms with Crippen LogP contribution in [0.3, 0.4) is 0 Å². The Bertz CT molecular complexity index is 730. The van der Waals surface area contributed by atoms with E-state index >= 15 is 0 Å². The fourth-order valence-electron chi connectivity index (χ4n) is 4.28. The quantitative estimate of drug-likeness (QED) is 0.783. The molecule has 152 valence electrons. The molecule has 1 aromatic heterocycles. The molecule has 0 aliphatic carbocycles. The second kappa shape index (κ2) is 7.80. The van der Waals surface area contributed by atoms with Gasteiger partial charge in [-0.25, -0.2) is 8.42 Å². The van der Waals surface area contributed by atoms with Gasteiger partial charge in [-0.2, -0.15) is 4.31 Å². The first-order valence-corrected chi connectivity index (χ1v) is 11.7. The molecule has 1 aromatic rings. The van der Waals surface area contributed by atoms with Crippen LogP contribution in [0.25, 0.3) is 0 Å². The van der Waals surface area contributed by atoms with Crippen molar-refractivity contribution in [2.24, 2.45) is 10.8 Å². The summed E-state index contributed by atoms with van der Waals surface area (Å²) in [5, 5.41) is 0. The Hall–Kier alpha value is -0.980. The maximum atomic E-state index is 13.1. The highest BCUT2D eigenvalue weighted by atomic mass is 32.2. The van der Waals surface area contributed by atoms with Gasteiger partial charge in [-0.05, 0) is 81.6 Å². The van der Waals surface area contributed by atoms with Gasteiger partial charge in [0.2, 0.25) is 10.0 Å². The summed E-state index contributed by atoms with van der Waals surface area (Å²) in [6, 6.07) is 3.47. The third kappa shape index (κ3) is 5.09. The number of likely N-dealkylation sites (tertiary alicyclic amines) is 1. The number of hydrogen-bond donors (Lipinski definition) is 0. The summed E-state index contributed by atoms with van der Waals surface area (Å²) in [5.74, 6) is 0. The molecule has 0 amide bonds. The van der Waals surface area contributed by atoms with Crippen LogP contribution in [0.1, 0.15) is 58.6 Å². The molecule has 27 heavy (non-hydrogen) atoms. The Labute approximate surface area is 165 Å². The summed E-state index contributed by atoms with van der Waals surface area (Å²) in [7, 11) is -3.44. The van der Waals surface area contributed by atoms with Gasteiger partial charge in [0, 0.05) is 25.0 Å². The summed E-state index contributed by atoms with van der Waals surface area (Å²) >= 11 is 0. The largest absolute Gasteiger partial charge is 0.303 e. The SMILES string of the molecule is Cc1ccc(S(=O)(=O)N2CCCC3(CCN(CCC(C)(C)C)CC3)C2)cn1. The first-order chi connectivity index (χ1) is 12.6. The van der Waals surface area contributed by atoms with Gasteiger partial charge >= 0.3 is 0 Å². The predicted molar refractivity (Wildman–Crippen MR) is 109 cm³/mol. The number of aromatic nitrogens is 1. The van der Waals surface area contributed by atoms with Crippen LogP contribution in [-0.2, 0) is 10.0 Å². The minimum absolute atomic E-state index is 0.154. The van der Waals surface area contributed by atoms with Gasteiger partial charge in [-0.15, -0.1) is 0 Å². The molecule has 0 atom stereocenters. The Morgan fingerprint density at radius 3 is 2.41 bits per heavy atom. The maximum Gasteiger partial charge on any atom is 0.244 e. The van der Waals surface area contributed by atoms with E-state index in [2.05, 4.69) is 30.7 Å².